The monoisotopic (exact) mass is 293 g/mol. The maximum atomic E-state index is 12.5. The highest BCUT2D eigenvalue weighted by Crippen LogP contribution is 2.34. The van der Waals surface area contributed by atoms with Gasteiger partial charge in [0, 0.05) is 18.3 Å². The molecule has 0 radical (unpaired) electrons. The highest BCUT2D eigenvalue weighted by atomic mass is 19.4. The molecule has 0 unspecified atom stereocenters. The minimum atomic E-state index is -4.35. The predicted molar refractivity (Wildman–Crippen MR) is 77.6 cm³/mol. The van der Waals surface area contributed by atoms with Crippen molar-refractivity contribution < 1.29 is 17.9 Å². The fourth-order valence-electron chi connectivity index (χ4n) is 1.90. The van der Waals surface area contributed by atoms with Crippen molar-refractivity contribution in [3.63, 3.8) is 0 Å². The summed E-state index contributed by atoms with van der Waals surface area (Å²) in [7, 11) is 1.77. The average Bonchev–Trinajstić information content (AvgIpc) is 2.46. The first-order valence-corrected chi connectivity index (χ1v) is 6.24. The molecule has 2 rings (SSSR count). The van der Waals surface area contributed by atoms with Gasteiger partial charge in [-0.15, -0.1) is 0 Å². The van der Waals surface area contributed by atoms with Crippen molar-refractivity contribution in [3.8, 4) is 11.5 Å². The van der Waals surface area contributed by atoms with Crippen LogP contribution < -0.4 is 10.1 Å². The second kappa shape index (κ2) is 5.91. The third-order valence-corrected chi connectivity index (χ3v) is 2.95. The van der Waals surface area contributed by atoms with Gasteiger partial charge in [0.25, 0.3) is 0 Å². The molecule has 0 atom stereocenters. The summed E-state index contributed by atoms with van der Waals surface area (Å²) >= 11 is 0. The lowest BCUT2D eigenvalue weighted by atomic mass is 10.1. The summed E-state index contributed by atoms with van der Waals surface area (Å²) in [5.74, 6) is 0.857. The number of benzene rings is 2. The number of nitrogens with one attached hydrogen (secondary N) is 1. The van der Waals surface area contributed by atoms with Gasteiger partial charge in [0.05, 0.1) is 5.56 Å². The number of ether oxygens (including phenoxy) is 1. The molecule has 2 aromatic carbocycles. The van der Waals surface area contributed by atoms with E-state index in [1.807, 2.05) is 6.07 Å². The molecule has 21 heavy (non-hydrogen) atoms. The van der Waals surface area contributed by atoms with Gasteiger partial charge in [0.15, 0.2) is 0 Å². The van der Waals surface area contributed by atoms with Crippen LogP contribution in [0.15, 0.2) is 49.0 Å². The Morgan fingerprint density at radius 2 is 1.76 bits per heavy atom. The average molecular weight is 293 g/mol. The van der Waals surface area contributed by atoms with Gasteiger partial charge in [-0.2, -0.15) is 13.2 Å². The van der Waals surface area contributed by atoms with E-state index in [9.17, 15) is 13.2 Å². The first-order chi connectivity index (χ1) is 9.95. The van der Waals surface area contributed by atoms with Crippen LogP contribution in [0.25, 0.3) is 6.08 Å². The van der Waals surface area contributed by atoms with E-state index in [1.54, 1.807) is 25.3 Å². The molecule has 0 heterocycles. The number of hydrogen-bond acceptors (Lipinski definition) is 2. The zero-order valence-electron chi connectivity index (χ0n) is 11.4. The van der Waals surface area contributed by atoms with Crippen LogP contribution >= 0.6 is 0 Å². The van der Waals surface area contributed by atoms with Gasteiger partial charge in [-0.25, -0.2) is 0 Å². The second-order valence-electron chi connectivity index (χ2n) is 4.30. The Balaban J connectivity index is 2.28. The summed E-state index contributed by atoms with van der Waals surface area (Å²) < 4.78 is 43.1. The molecule has 1 N–H and O–H groups in total. The van der Waals surface area contributed by atoms with Crippen molar-refractivity contribution >= 4 is 11.8 Å². The maximum Gasteiger partial charge on any atom is 0.416 e. The largest absolute Gasteiger partial charge is 0.457 e. The quantitative estimate of drug-likeness (QED) is 0.838. The minimum absolute atomic E-state index is 0.333. The molecule has 0 aromatic heterocycles. The number of anilines is 1. The van der Waals surface area contributed by atoms with E-state index in [0.29, 0.717) is 11.5 Å². The van der Waals surface area contributed by atoms with Gasteiger partial charge in [0.1, 0.15) is 11.5 Å². The van der Waals surface area contributed by atoms with Gasteiger partial charge in [-0.05, 0) is 36.4 Å². The van der Waals surface area contributed by atoms with Crippen LogP contribution in [0, 0.1) is 0 Å². The van der Waals surface area contributed by atoms with Crippen molar-refractivity contribution in [2.45, 2.75) is 6.18 Å². The normalized spacial score (nSPS) is 11.0. The fraction of sp³-hybridized carbons (Fsp3) is 0.125. The maximum absolute atomic E-state index is 12.5. The Morgan fingerprint density at radius 3 is 2.29 bits per heavy atom. The molecule has 110 valence electrons. The molecule has 0 aliphatic heterocycles. The zero-order chi connectivity index (χ0) is 15.5. The van der Waals surface area contributed by atoms with Crippen LogP contribution in [-0.4, -0.2) is 7.05 Å². The topological polar surface area (TPSA) is 21.3 Å². The first kappa shape index (κ1) is 15.0. The molecule has 0 saturated carbocycles. The van der Waals surface area contributed by atoms with E-state index in [-0.39, 0.29) is 0 Å². The van der Waals surface area contributed by atoms with E-state index in [0.717, 1.165) is 23.4 Å². The molecule has 0 aliphatic rings. The second-order valence-corrected chi connectivity index (χ2v) is 4.30. The number of hydrogen-bond donors (Lipinski definition) is 1. The van der Waals surface area contributed by atoms with Crippen molar-refractivity contribution in [1.29, 1.82) is 0 Å². The van der Waals surface area contributed by atoms with Crippen molar-refractivity contribution in [2.24, 2.45) is 0 Å². The third-order valence-electron chi connectivity index (χ3n) is 2.95. The van der Waals surface area contributed by atoms with Crippen LogP contribution in [0.1, 0.15) is 11.1 Å². The highest BCUT2D eigenvalue weighted by Gasteiger charge is 2.30. The number of rotatable bonds is 4. The lowest BCUT2D eigenvalue weighted by molar-refractivity contribution is -0.137. The Morgan fingerprint density at radius 1 is 1.10 bits per heavy atom. The smallest absolute Gasteiger partial charge is 0.416 e. The van der Waals surface area contributed by atoms with Crippen LogP contribution in [0.2, 0.25) is 0 Å². The molecule has 2 aromatic rings. The Hall–Kier alpha value is -2.43. The third kappa shape index (κ3) is 3.37. The van der Waals surface area contributed by atoms with Crippen LogP contribution in [0.4, 0.5) is 18.9 Å². The summed E-state index contributed by atoms with van der Waals surface area (Å²) in [5.41, 5.74) is 0.872. The predicted octanol–water partition coefficient (Wildman–Crippen LogP) is 5.18. The lowest BCUT2D eigenvalue weighted by Crippen LogP contribution is -2.04. The van der Waals surface area contributed by atoms with Gasteiger partial charge in [0.2, 0.25) is 0 Å². The summed E-state index contributed by atoms with van der Waals surface area (Å²) in [5, 5.41) is 3.00. The van der Waals surface area contributed by atoms with Crippen LogP contribution in [0.3, 0.4) is 0 Å². The van der Waals surface area contributed by atoms with E-state index in [1.165, 1.54) is 12.1 Å². The summed E-state index contributed by atoms with van der Waals surface area (Å²) in [6.45, 7) is 3.72. The van der Waals surface area contributed by atoms with Crippen molar-refractivity contribution in [2.75, 3.05) is 12.4 Å². The summed E-state index contributed by atoms with van der Waals surface area (Å²) in [6, 6.07) is 9.95. The number of alkyl halides is 3. The van der Waals surface area contributed by atoms with Crippen molar-refractivity contribution in [3.05, 3.63) is 60.2 Å². The van der Waals surface area contributed by atoms with E-state index < -0.39 is 11.7 Å². The highest BCUT2D eigenvalue weighted by molar-refractivity contribution is 5.71. The van der Waals surface area contributed by atoms with E-state index in [2.05, 4.69) is 11.9 Å². The molecule has 2 nitrogen and oxygen atoms in total. The zero-order valence-corrected chi connectivity index (χ0v) is 11.4. The van der Waals surface area contributed by atoms with Gasteiger partial charge < -0.3 is 10.1 Å². The van der Waals surface area contributed by atoms with Crippen LogP contribution in [-0.2, 0) is 6.18 Å². The molecule has 0 spiro atoms. The lowest BCUT2D eigenvalue weighted by Gasteiger charge is -2.13. The minimum Gasteiger partial charge on any atom is -0.457 e. The fourth-order valence-corrected chi connectivity index (χ4v) is 1.90. The molecule has 0 amide bonds. The standard InChI is InChI=1S/C16H14F3NO/c1-3-13-14(20-2)5-4-6-15(13)21-12-9-7-11(8-10-12)16(17,18)19/h3-10,20H,1H2,2H3. The van der Waals surface area contributed by atoms with Gasteiger partial charge in [-0.1, -0.05) is 18.7 Å². The summed E-state index contributed by atoms with van der Waals surface area (Å²) in [4.78, 5) is 0. The molecule has 0 fully saturated rings. The van der Waals surface area contributed by atoms with Crippen molar-refractivity contribution in [1.82, 2.24) is 0 Å². The van der Waals surface area contributed by atoms with Gasteiger partial charge >= 0.3 is 6.18 Å². The van der Waals surface area contributed by atoms with Crippen LogP contribution in [0.5, 0.6) is 11.5 Å². The Bertz CT molecular complexity index is 633. The summed E-state index contributed by atoms with van der Waals surface area (Å²) in [6.07, 6.45) is -2.72. The molecule has 0 saturated heterocycles. The molecule has 0 bridgehead atoms. The van der Waals surface area contributed by atoms with E-state index in [4.69, 9.17) is 4.74 Å². The Kier molecular flexibility index (Phi) is 4.21. The van der Waals surface area contributed by atoms with E-state index >= 15 is 0 Å². The molecule has 0 aliphatic carbocycles. The Labute approximate surface area is 120 Å². The number of halogens is 3. The first-order valence-electron chi connectivity index (χ1n) is 6.24. The molecular formula is C16H14F3NO. The molecular weight excluding hydrogens is 279 g/mol. The van der Waals surface area contributed by atoms with Gasteiger partial charge in [-0.3, -0.25) is 0 Å². The SMILES string of the molecule is C=Cc1c(NC)cccc1Oc1ccc(C(F)(F)F)cc1. The molecule has 5 heteroatoms.